The Labute approximate surface area is 284 Å². The fraction of sp³-hybridized carbons (Fsp3) is 0. The van der Waals surface area contributed by atoms with E-state index in [0.29, 0.717) is 17.5 Å². The molecule has 230 valence electrons. The summed E-state index contributed by atoms with van der Waals surface area (Å²) in [5, 5.41) is 2.48. The third-order valence-corrected chi connectivity index (χ3v) is 9.07. The number of para-hydroxylation sites is 2. The van der Waals surface area contributed by atoms with Crippen LogP contribution in [-0.2, 0) is 0 Å². The maximum Gasteiger partial charge on any atom is 0.164 e. The lowest BCUT2D eigenvalue weighted by atomic mass is 9.94. The maximum atomic E-state index is 5.04. The van der Waals surface area contributed by atoms with Gasteiger partial charge < -0.3 is 4.98 Å². The Kier molecular flexibility index (Phi) is 7.10. The summed E-state index contributed by atoms with van der Waals surface area (Å²) in [4.78, 5) is 18.7. The molecule has 0 unspecified atom stereocenters. The minimum atomic E-state index is 0.633. The van der Waals surface area contributed by atoms with Crippen molar-refractivity contribution < 1.29 is 0 Å². The summed E-state index contributed by atoms with van der Waals surface area (Å²) in [5.74, 6) is 1.92. The largest absolute Gasteiger partial charge is 0.354 e. The molecule has 9 rings (SSSR count). The van der Waals surface area contributed by atoms with Crippen molar-refractivity contribution in [2.45, 2.75) is 0 Å². The van der Waals surface area contributed by atoms with E-state index in [0.717, 1.165) is 55.5 Å². The fourth-order valence-corrected chi connectivity index (χ4v) is 6.61. The van der Waals surface area contributed by atoms with Gasteiger partial charge in [-0.15, -0.1) is 0 Å². The van der Waals surface area contributed by atoms with Gasteiger partial charge in [0.1, 0.15) is 0 Å². The molecule has 0 amide bonds. The lowest BCUT2D eigenvalue weighted by Gasteiger charge is -2.13. The van der Waals surface area contributed by atoms with Crippen molar-refractivity contribution in [3.05, 3.63) is 176 Å². The number of hydrogen-bond donors (Lipinski definition) is 1. The summed E-state index contributed by atoms with van der Waals surface area (Å²) in [5.41, 5.74) is 11.9. The monoisotopic (exact) mass is 626 g/mol. The van der Waals surface area contributed by atoms with Gasteiger partial charge in [-0.3, -0.25) is 0 Å². The van der Waals surface area contributed by atoms with Crippen LogP contribution in [0.2, 0.25) is 0 Å². The average molecular weight is 627 g/mol. The third kappa shape index (κ3) is 5.45. The summed E-state index contributed by atoms with van der Waals surface area (Å²) in [6.45, 7) is 0. The van der Waals surface area contributed by atoms with Gasteiger partial charge in [0.15, 0.2) is 17.5 Å². The number of nitrogens with zero attached hydrogens (tertiary/aromatic N) is 3. The summed E-state index contributed by atoms with van der Waals surface area (Å²) < 4.78 is 0. The number of rotatable bonds is 6. The molecule has 0 bridgehead atoms. The molecule has 0 spiro atoms. The van der Waals surface area contributed by atoms with Gasteiger partial charge >= 0.3 is 0 Å². The molecule has 0 radical (unpaired) electrons. The first-order valence-electron chi connectivity index (χ1n) is 16.4. The Morgan fingerprint density at radius 2 is 0.755 bits per heavy atom. The smallest absolute Gasteiger partial charge is 0.164 e. The van der Waals surface area contributed by atoms with Gasteiger partial charge in [-0.05, 0) is 52.1 Å². The van der Waals surface area contributed by atoms with Crippen molar-refractivity contribution in [1.82, 2.24) is 19.9 Å². The van der Waals surface area contributed by atoms with Crippen LogP contribution in [0.5, 0.6) is 0 Å². The van der Waals surface area contributed by atoms with Gasteiger partial charge in [0.2, 0.25) is 0 Å². The highest BCUT2D eigenvalue weighted by molar-refractivity contribution is 6.11. The SMILES string of the molecule is c1ccc(-c2cc(-c3ccc(-c4cccc5c4[nH]c4ccccc45)cc3)cc(-c3nc(-c4ccccc4)nc(-c4ccccc4)n3)c2)cc1. The predicted molar refractivity (Wildman–Crippen MR) is 202 cm³/mol. The minimum absolute atomic E-state index is 0.633. The molecule has 2 heterocycles. The first kappa shape index (κ1) is 28.6. The predicted octanol–water partition coefficient (Wildman–Crippen LogP) is 11.5. The van der Waals surface area contributed by atoms with E-state index in [9.17, 15) is 0 Å². The highest BCUT2D eigenvalue weighted by atomic mass is 15.0. The van der Waals surface area contributed by atoms with Gasteiger partial charge in [-0.2, -0.15) is 0 Å². The van der Waals surface area contributed by atoms with E-state index in [4.69, 9.17) is 15.0 Å². The Morgan fingerprint density at radius 1 is 0.306 bits per heavy atom. The third-order valence-electron chi connectivity index (χ3n) is 9.07. The van der Waals surface area contributed by atoms with Crippen LogP contribution in [0.4, 0.5) is 0 Å². The van der Waals surface area contributed by atoms with Crippen LogP contribution in [0.1, 0.15) is 0 Å². The van der Waals surface area contributed by atoms with Crippen molar-refractivity contribution in [2.75, 3.05) is 0 Å². The van der Waals surface area contributed by atoms with Crippen LogP contribution in [0.3, 0.4) is 0 Å². The Hall–Kier alpha value is -6.65. The first-order chi connectivity index (χ1) is 24.3. The average Bonchev–Trinajstić information content (AvgIpc) is 3.58. The minimum Gasteiger partial charge on any atom is -0.354 e. The van der Waals surface area contributed by atoms with E-state index in [1.165, 1.54) is 16.3 Å². The normalized spacial score (nSPS) is 11.3. The van der Waals surface area contributed by atoms with Gasteiger partial charge in [-0.1, -0.05) is 152 Å². The maximum absolute atomic E-state index is 5.04. The number of H-pyrrole nitrogens is 1. The summed E-state index contributed by atoms with van der Waals surface area (Å²) in [7, 11) is 0. The standard InChI is InChI=1S/C45H30N4/c1-4-13-30(14-5-1)35-27-36(31-23-25-32(26-24-31)38-20-12-21-40-39-19-10-11-22-41(39)46-42(38)40)29-37(28-35)45-48-43(33-15-6-2-7-16-33)47-44(49-45)34-17-8-3-9-18-34/h1-29,46H. The second-order valence-corrected chi connectivity index (χ2v) is 12.2. The van der Waals surface area contributed by atoms with E-state index in [2.05, 4.69) is 114 Å². The number of aromatic nitrogens is 4. The Bertz CT molecular complexity index is 2520. The van der Waals surface area contributed by atoms with Gasteiger partial charge in [0.25, 0.3) is 0 Å². The number of aromatic amines is 1. The molecule has 49 heavy (non-hydrogen) atoms. The Balaban J connectivity index is 1.18. The van der Waals surface area contributed by atoms with Crippen molar-refractivity contribution >= 4 is 21.8 Å². The molecule has 0 aliphatic rings. The Morgan fingerprint density at radius 3 is 1.37 bits per heavy atom. The van der Waals surface area contributed by atoms with E-state index < -0.39 is 0 Å². The second kappa shape index (κ2) is 12.2. The molecule has 0 atom stereocenters. The molecule has 7 aromatic carbocycles. The molecule has 4 nitrogen and oxygen atoms in total. The van der Waals surface area contributed by atoms with Crippen molar-refractivity contribution in [2.24, 2.45) is 0 Å². The summed E-state index contributed by atoms with van der Waals surface area (Å²) >= 11 is 0. The van der Waals surface area contributed by atoms with Crippen molar-refractivity contribution in [3.63, 3.8) is 0 Å². The molecule has 0 aliphatic carbocycles. The molecule has 2 aromatic heterocycles. The molecule has 0 fully saturated rings. The van der Waals surface area contributed by atoms with Crippen LogP contribution in [0.25, 0.3) is 89.4 Å². The molecule has 1 N–H and O–H groups in total. The van der Waals surface area contributed by atoms with Gasteiger partial charge in [-0.25, -0.2) is 15.0 Å². The first-order valence-corrected chi connectivity index (χ1v) is 16.4. The zero-order chi connectivity index (χ0) is 32.6. The van der Waals surface area contributed by atoms with Crippen LogP contribution in [0.15, 0.2) is 176 Å². The molecule has 4 heteroatoms. The lowest BCUT2D eigenvalue weighted by molar-refractivity contribution is 1.07. The van der Waals surface area contributed by atoms with Crippen LogP contribution in [-0.4, -0.2) is 19.9 Å². The van der Waals surface area contributed by atoms with Crippen molar-refractivity contribution in [1.29, 1.82) is 0 Å². The zero-order valence-electron chi connectivity index (χ0n) is 26.6. The van der Waals surface area contributed by atoms with E-state index >= 15 is 0 Å². The number of hydrogen-bond acceptors (Lipinski definition) is 3. The fourth-order valence-electron chi connectivity index (χ4n) is 6.61. The topological polar surface area (TPSA) is 54.5 Å². The number of fused-ring (bicyclic) bond motifs is 3. The number of benzene rings is 7. The van der Waals surface area contributed by atoms with E-state index in [1.807, 2.05) is 66.7 Å². The summed E-state index contributed by atoms with van der Waals surface area (Å²) in [6, 6.07) is 61.2. The molecule has 9 aromatic rings. The molecular weight excluding hydrogens is 597 g/mol. The quantitative estimate of drug-likeness (QED) is 0.200. The second-order valence-electron chi connectivity index (χ2n) is 12.2. The number of nitrogens with one attached hydrogen (secondary N) is 1. The highest BCUT2D eigenvalue weighted by Crippen LogP contribution is 2.36. The van der Waals surface area contributed by atoms with E-state index in [1.54, 1.807) is 0 Å². The highest BCUT2D eigenvalue weighted by Gasteiger charge is 2.15. The molecule has 0 aliphatic heterocycles. The molecule has 0 saturated carbocycles. The van der Waals surface area contributed by atoms with Gasteiger partial charge in [0.05, 0.1) is 5.52 Å². The molecule has 0 saturated heterocycles. The zero-order valence-corrected chi connectivity index (χ0v) is 26.6. The van der Waals surface area contributed by atoms with Gasteiger partial charge in [0, 0.05) is 38.5 Å². The molecular formula is C45H30N4. The summed E-state index contributed by atoms with van der Waals surface area (Å²) in [6.07, 6.45) is 0. The van der Waals surface area contributed by atoms with Crippen LogP contribution >= 0.6 is 0 Å². The van der Waals surface area contributed by atoms with Crippen LogP contribution < -0.4 is 0 Å². The van der Waals surface area contributed by atoms with Crippen molar-refractivity contribution in [3.8, 4) is 67.5 Å². The van der Waals surface area contributed by atoms with Crippen LogP contribution in [0, 0.1) is 0 Å². The van der Waals surface area contributed by atoms with E-state index in [-0.39, 0.29) is 0 Å². The lowest BCUT2D eigenvalue weighted by Crippen LogP contribution is -2.00.